The van der Waals surface area contributed by atoms with Gasteiger partial charge in [-0.2, -0.15) is 0 Å². The third kappa shape index (κ3) is 3.56. The van der Waals surface area contributed by atoms with Crippen LogP contribution < -0.4 is 21.0 Å². The lowest BCUT2D eigenvalue weighted by atomic mass is 10.1. The molecule has 1 heterocycles. The smallest absolute Gasteiger partial charge is 0.275 e. The molecule has 0 saturated heterocycles. The maximum absolute atomic E-state index is 12.4. The normalized spacial score (nSPS) is 10.3. The van der Waals surface area contributed by atoms with Crippen molar-refractivity contribution in [1.29, 1.82) is 0 Å². The minimum atomic E-state index is -0.698. The van der Waals surface area contributed by atoms with Crippen LogP contribution >= 0.6 is 0 Å². The van der Waals surface area contributed by atoms with Gasteiger partial charge in [0.1, 0.15) is 11.3 Å². The summed E-state index contributed by atoms with van der Waals surface area (Å²) in [5, 5.41) is 0.401. The van der Waals surface area contributed by atoms with Crippen LogP contribution in [0.25, 0.3) is 10.9 Å². The predicted molar refractivity (Wildman–Crippen MR) is 97.1 cm³/mol. The highest BCUT2D eigenvalue weighted by molar-refractivity contribution is 6.00. The molecule has 0 atom stereocenters. The zero-order chi connectivity index (χ0) is 18.5. The largest absolute Gasteiger partial charge is 0.494 e. The molecule has 0 aliphatic carbocycles. The molecule has 26 heavy (non-hydrogen) atoms. The molecule has 0 unspecified atom stereocenters. The van der Waals surface area contributed by atoms with Gasteiger partial charge in [0.2, 0.25) is 5.43 Å². The van der Waals surface area contributed by atoms with Crippen LogP contribution in [-0.4, -0.2) is 23.4 Å². The number of amides is 2. The van der Waals surface area contributed by atoms with Crippen LogP contribution in [0.15, 0.2) is 59.5 Å². The Bertz CT molecular complexity index is 1010. The molecule has 7 heteroatoms. The third-order valence-corrected chi connectivity index (χ3v) is 3.75. The maximum atomic E-state index is 12.4. The van der Waals surface area contributed by atoms with Crippen molar-refractivity contribution in [3.05, 3.63) is 76.1 Å². The van der Waals surface area contributed by atoms with Gasteiger partial charge < -0.3 is 9.72 Å². The highest BCUT2D eigenvalue weighted by Gasteiger charge is 2.14. The van der Waals surface area contributed by atoms with Crippen molar-refractivity contribution in [1.82, 2.24) is 15.8 Å². The van der Waals surface area contributed by atoms with E-state index in [1.165, 1.54) is 6.20 Å². The number of hydrogen-bond donors (Lipinski definition) is 3. The molecule has 0 fully saturated rings. The van der Waals surface area contributed by atoms with E-state index in [0.717, 1.165) is 0 Å². The molecule has 0 radical (unpaired) electrons. The summed E-state index contributed by atoms with van der Waals surface area (Å²) in [6, 6.07) is 13.4. The number of carbonyl (C=O) groups excluding carboxylic acids is 2. The average Bonchev–Trinajstić information content (AvgIpc) is 2.67. The second kappa shape index (κ2) is 7.52. The topological polar surface area (TPSA) is 100 Å². The van der Waals surface area contributed by atoms with Gasteiger partial charge in [-0.1, -0.05) is 12.1 Å². The van der Waals surface area contributed by atoms with Gasteiger partial charge >= 0.3 is 0 Å². The van der Waals surface area contributed by atoms with Gasteiger partial charge in [-0.3, -0.25) is 25.2 Å². The second-order valence-corrected chi connectivity index (χ2v) is 5.44. The van der Waals surface area contributed by atoms with Gasteiger partial charge in [0.15, 0.2) is 0 Å². The Kier molecular flexibility index (Phi) is 4.98. The van der Waals surface area contributed by atoms with Crippen molar-refractivity contribution in [2.24, 2.45) is 0 Å². The molecule has 1 aromatic heterocycles. The van der Waals surface area contributed by atoms with Crippen molar-refractivity contribution in [2.75, 3.05) is 6.61 Å². The fourth-order valence-corrected chi connectivity index (χ4v) is 2.46. The van der Waals surface area contributed by atoms with Gasteiger partial charge in [-0.05, 0) is 43.3 Å². The molecule has 0 bridgehead atoms. The number of hydrazine groups is 1. The van der Waals surface area contributed by atoms with Crippen molar-refractivity contribution >= 4 is 22.7 Å². The van der Waals surface area contributed by atoms with Crippen LogP contribution in [0.2, 0.25) is 0 Å². The van der Waals surface area contributed by atoms with E-state index in [1.54, 1.807) is 48.5 Å². The Labute approximate surface area is 149 Å². The molecule has 0 spiro atoms. The molecule has 2 aromatic carbocycles. The highest BCUT2D eigenvalue weighted by Crippen LogP contribution is 2.12. The molecular formula is C19H17N3O4. The number of aromatic nitrogens is 1. The van der Waals surface area contributed by atoms with E-state index in [0.29, 0.717) is 28.8 Å². The van der Waals surface area contributed by atoms with Crippen LogP contribution in [0.3, 0.4) is 0 Å². The first-order valence-corrected chi connectivity index (χ1v) is 8.04. The number of ether oxygens (including phenoxy) is 1. The lowest BCUT2D eigenvalue weighted by Crippen LogP contribution is -2.43. The molecule has 2 amide bonds. The van der Waals surface area contributed by atoms with Gasteiger partial charge in [-0.15, -0.1) is 0 Å². The number of aromatic amines is 1. The van der Waals surface area contributed by atoms with E-state index in [1.807, 2.05) is 6.92 Å². The number of benzene rings is 2. The van der Waals surface area contributed by atoms with E-state index in [2.05, 4.69) is 15.8 Å². The Morgan fingerprint density at radius 1 is 1.00 bits per heavy atom. The first kappa shape index (κ1) is 17.2. The SMILES string of the molecule is CCOc1ccc(C(=O)NNC(=O)c2c[nH]c3ccccc3c2=O)cc1. The Hall–Kier alpha value is -3.61. The fourth-order valence-electron chi connectivity index (χ4n) is 2.46. The lowest BCUT2D eigenvalue weighted by Gasteiger charge is -2.08. The Balaban J connectivity index is 1.69. The van der Waals surface area contributed by atoms with E-state index in [9.17, 15) is 14.4 Å². The van der Waals surface area contributed by atoms with Crippen molar-refractivity contribution < 1.29 is 14.3 Å². The number of rotatable bonds is 4. The number of para-hydroxylation sites is 1. The van der Waals surface area contributed by atoms with Crippen molar-refractivity contribution in [3.63, 3.8) is 0 Å². The molecule has 3 rings (SSSR count). The second-order valence-electron chi connectivity index (χ2n) is 5.44. The number of pyridine rings is 1. The number of H-pyrrole nitrogens is 1. The number of fused-ring (bicyclic) bond motifs is 1. The maximum Gasteiger partial charge on any atom is 0.275 e. The molecule has 3 aromatic rings. The van der Waals surface area contributed by atoms with Gasteiger partial charge in [0.25, 0.3) is 11.8 Å². The van der Waals surface area contributed by atoms with Gasteiger partial charge in [0.05, 0.1) is 6.61 Å². The summed E-state index contributed by atoms with van der Waals surface area (Å²) in [5.74, 6) is -0.550. The van der Waals surface area contributed by atoms with Crippen molar-refractivity contribution in [2.45, 2.75) is 6.92 Å². The molecule has 3 N–H and O–H groups in total. The number of nitrogens with one attached hydrogen (secondary N) is 3. The molecule has 7 nitrogen and oxygen atoms in total. The standard InChI is InChI=1S/C19H17N3O4/c1-2-26-13-9-7-12(8-10-13)18(24)21-22-19(25)15-11-20-16-6-4-3-5-14(16)17(15)23/h3-11H,2H2,1H3,(H,20,23)(H,21,24)(H,22,25). The zero-order valence-corrected chi connectivity index (χ0v) is 14.0. The van der Waals surface area contributed by atoms with E-state index >= 15 is 0 Å². The third-order valence-electron chi connectivity index (χ3n) is 3.75. The molecular weight excluding hydrogens is 334 g/mol. The van der Waals surface area contributed by atoms with Crippen LogP contribution in [0.5, 0.6) is 5.75 Å². The summed E-state index contributed by atoms with van der Waals surface area (Å²) in [5.41, 5.74) is 5.03. The summed E-state index contributed by atoms with van der Waals surface area (Å²) < 4.78 is 5.31. The summed E-state index contributed by atoms with van der Waals surface area (Å²) in [7, 11) is 0. The minimum Gasteiger partial charge on any atom is -0.494 e. The predicted octanol–water partition coefficient (Wildman–Crippen LogP) is 2.00. The Morgan fingerprint density at radius 3 is 2.42 bits per heavy atom. The highest BCUT2D eigenvalue weighted by atomic mass is 16.5. The first-order chi connectivity index (χ1) is 12.6. The molecule has 132 valence electrons. The molecule has 0 aliphatic heterocycles. The summed E-state index contributed by atoms with van der Waals surface area (Å²) in [6.45, 7) is 2.40. The van der Waals surface area contributed by atoms with Crippen LogP contribution in [0.1, 0.15) is 27.6 Å². The quantitative estimate of drug-likeness (QED) is 0.626. The number of hydrogen-bond acceptors (Lipinski definition) is 4. The van der Waals surface area contributed by atoms with Crippen molar-refractivity contribution in [3.8, 4) is 5.75 Å². The van der Waals surface area contributed by atoms with Crippen LogP contribution in [-0.2, 0) is 0 Å². The number of carbonyl (C=O) groups is 2. The first-order valence-electron chi connectivity index (χ1n) is 8.04. The van der Waals surface area contributed by atoms with Gasteiger partial charge in [-0.25, -0.2) is 0 Å². The Morgan fingerprint density at radius 2 is 1.69 bits per heavy atom. The van der Waals surface area contributed by atoms with E-state index in [-0.39, 0.29) is 5.56 Å². The minimum absolute atomic E-state index is 0.0873. The molecule has 0 saturated carbocycles. The summed E-state index contributed by atoms with van der Waals surface area (Å²) in [4.78, 5) is 39.6. The fraction of sp³-hybridized carbons (Fsp3) is 0.105. The summed E-state index contributed by atoms with van der Waals surface area (Å²) in [6.07, 6.45) is 1.32. The lowest BCUT2D eigenvalue weighted by molar-refractivity contribution is 0.0846. The van der Waals surface area contributed by atoms with Crippen LogP contribution in [0.4, 0.5) is 0 Å². The molecule has 0 aliphatic rings. The summed E-state index contributed by atoms with van der Waals surface area (Å²) >= 11 is 0. The van der Waals surface area contributed by atoms with E-state index < -0.39 is 17.2 Å². The monoisotopic (exact) mass is 351 g/mol. The van der Waals surface area contributed by atoms with Gasteiger partial charge in [0, 0.05) is 22.7 Å². The van der Waals surface area contributed by atoms with Crippen LogP contribution in [0, 0.1) is 0 Å². The van der Waals surface area contributed by atoms with E-state index in [4.69, 9.17) is 4.74 Å². The zero-order valence-electron chi connectivity index (χ0n) is 14.0. The average molecular weight is 351 g/mol.